The number of nitrogens with zero attached hydrogens (tertiary/aromatic N) is 8. The molecule has 0 saturated carbocycles. The summed E-state index contributed by atoms with van der Waals surface area (Å²) >= 11 is 13.4. The van der Waals surface area contributed by atoms with E-state index < -0.39 is 0 Å². The smallest absolute Gasteiger partial charge is 0.232 e. The maximum atomic E-state index is 6.14. The minimum absolute atomic E-state index is 0.692. The van der Waals surface area contributed by atoms with Gasteiger partial charge in [0, 0.05) is 68.3 Å². The van der Waals surface area contributed by atoms with Crippen molar-refractivity contribution in [2.45, 2.75) is 25.7 Å². The lowest BCUT2D eigenvalue weighted by Gasteiger charge is -2.36. The Morgan fingerprint density at radius 3 is 1.92 bits per heavy atom. The summed E-state index contributed by atoms with van der Waals surface area (Å²) < 4.78 is 0. The molecule has 3 aliphatic heterocycles. The third kappa shape index (κ3) is 5.58. The predicted molar refractivity (Wildman–Crippen MR) is 155 cm³/mol. The van der Waals surface area contributed by atoms with E-state index in [9.17, 15) is 0 Å². The molecular formula is C25H30ClN9S2. The van der Waals surface area contributed by atoms with Gasteiger partial charge in [0.05, 0.1) is 5.69 Å². The van der Waals surface area contributed by atoms with Crippen LogP contribution in [0.1, 0.15) is 25.7 Å². The molecule has 3 fully saturated rings. The van der Waals surface area contributed by atoms with Crippen LogP contribution >= 0.6 is 35.2 Å². The van der Waals surface area contributed by atoms with Crippen molar-refractivity contribution < 1.29 is 0 Å². The Kier molecular flexibility index (Phi) is 7.25. The Balaban J connectivity index is 1.10. The molecule has 0 spiro atoms. The number of thiazole rings is 1. The second-order valence-corrected chi connectivity index (χ2v) is 11.3. The Labute approximate surface area is 231 Å². The molecular weight excluding hydrogens is 526 g/mol. The predicted octanol–water partition coefficient (Wildman–Crippen LogP) is 4.37. The number of hydrogen-bond donors (Lipinski definition) is 1. The molecule has 0 radical (unpaired) electrons. The second-order valence-electron chi connectivity index (χ2n) is 9.58. The molecule has 3 aromatic rings. The molecule has 9 nitrogen and oxygen atoms in total. The van der Waals surface area contributed by atoms with E-state index >= 15 is 0 Å². The molecule has 0 amide bonds. The molecule has 0 unspecified atom stereocenters. The molecule has 0 atom stereocenters. The highest BCUT2D eigenvalue weighted by atomic mass is 35.5. The van der Waals surface area contributed by atoms with Gasteiger partial charge in [0.15, 0.2) is 10.2 Å². The SMILES string of the molecule is S=C(Nc1nc(-c2cccc(Cl)c2)cs1)N1CCN(c2nc(N3CCCC3)nc(N3CCCC3)n2)CC1. The van der Waals surface area contributed by atoms with Crippen molar-refractivity contribution >= 4 is 63.2 Å². The van der Waals surface area contributed by atoms with Crippen molar-refractivity contribution in [3.63, 3.8) is 0 Å². The fourth-order valence-electron chi connectivity index (χ4n) is 4.99. The highest BCUT2D eigenvalue weighted by Gasteiger charge is 2.26. The summed E-state index contributed by atoms with van der Waals surface area (Å²) in [6.07, 6.45) is 4.79. The molecule has 1 aromatic carbocycles. The molecule has 0 bridgehead atoms. The van der Waals surface area contributed by atoms with Crippen LogP contribution in [0.2, 0.25) is 5.02 Å². The summed E-state index contributed by atoms with van der Waals surface area (Å²) in [6, 6.07) is 7.73. The van der Waals surface area contributed by atoms with Gasteiger partial charge in [0.1, 0.15) is 0 Å². The van der Waals surface area contributed by atoms with Crippen LogP contribution in [-0.2, 0) is 0 Å². The first-order chi connectivity index (χ1) is 18.1. The Morgan fingerprint density at radius 1 is 0.784 bits per heavy atom. The van der Waals surface area contributed by atoms with Gasteiger partial charge in [-0.25, -0.2) is 4.98 Å². The monoisotopic (exact) mass is 555 g/mol. The summed E-state index contributed by atoms with van der Waals surface area (Å²) in [5.74, 6) is 2.43. The van der Waals surface area contributed by atoms with E-state index in [-0.39, 0.29) is 0 Å². The zero-order valence-corrected chi connectivity index (χ0v) is 23.0. The quantitative estimate of drug-likeness (QED) is 0.459. The second kappa shape index (κ2) is 10.9. The van der Waals surface area contributed by atoms with E-state index in [0.29, 0.717) is 10.1 Å². The van der Waals surface area contributed by atoms with Crippen LogP contribution in [0, 0.1) is 0 Å². The summed E-state index contributed by atoms with van der Waals surface area (Å²) in [6.45, 7) is 7.27. The molecule has 2 aromatic heterocycles. The van der Waals surface area contributed by atoms with E-state index in [4.69, 9.17) is 43.8 Å². The highest BCUT2D eigenvalue weighted by molar-refractivity contribution is 7.80. The van der Waals surface area contributed by atoms with E-state index in [1.165, 1.54) is 25.7 Å². The molecule has 5 heterocycles. The number of halogens is 1. The van der Waals surface area contributed by atoms with Crippen LogP contribution in [0.25, 0.3) is 11.3 Å². The van der Waals surface area contributed by atoms with Gasteiger partial charge in [-0.3, -0.25) is 0 Å². The average molecular weight is 556 g/mol. The molecule has 6 rings (SSSR count). The fraction of sp³-hybridized carbons (Fsp3) is 0.480. The highest BCUT2D eigenvalue weighted by Crippen LogP contribution is 2.28. The minimum Gasteiger partial charge on any atom is -0.345 e. The molecule has 37 heavy (non-hydrogen) atoms. The lowest BCUT2D eigenvalue weighted by molar-refractivity contribution is 0.388. The summed E-state index contributed by atoms with van der Waals surface area (Å²) in [5.41, 5.74) is 1.88. The van der Waals surface area contributed by atoms with Crippen LogP contribution in [0.3, 0.4) is 0 Å². The van der Waals surface area contributed by atoms with Gasteiger partial charge in [-0.2, -0.15) is 15.0 Å². The third-order valence-corrected chi connectivity index (χ3v) is 8.42. The Hall–Kier alpha value is -2.76. The van der Waals surface area contributed by atoms with Gasteiger partial charge in [0.25, 0.3) is 0 Å². The molecule has 0 aliphatic carbocycles. The number of rotatable bonds is 5. The number of benzene rings is 1. The lowest BCUT2D eigenvalue weighted by Crippen LogP contribution is -2.50. The van der Waals surface area contributed by atoms with Gasteiger partial charge >= 0.3 is 0 Å². The molecule has 194 valence electrons. The zero-order valence-electron chi connectivity index (χ0n) is 20.6. The summed E-state index contributed by atoms with van der Waals surface area (Å²) in [7, 11) is 0. The first-order valence-corrected chi connectivity index (χ1v) is 14.6. The van der Waals surface area contributed by atoms with Gasteiger partial charge in [-0.15, -0.1) is 11.3 Å². The van der Waals surface area contributed by atoms with Crippen molar-refractivity contribution in [1.29, 1.82) is 0 Å². The fourth-order valence-corrected chi connectivity index (χ4v) is 6.25. The van der Waals surface area contributed by atoms with Crippen LogP contribution in [-0.4, -0.2) is 82.3 Å². The molecule has 12 heteroatoms. The van der Waals surface area contributed by atoms with Crippen LogP contribution in [0.4, 0.5) is 23.0 Å². The topological polar surface area (TPSA) is 76.6 Å². The standard InChI is InChI=1S/C25H30ClN9S2/c26-19-7-5-6-18(16-19)20-17-37-24(27-20)31-25(36)35-14-12-34(13-15-35)23-29-21(32-8-1-2-9-32)28-22(30-23)33-10-3-4-11-33/h5-7,16-17H,1-4,8-15H2,(H,27,31,36). The largest absolute Gasteiger partial charge is 0.345 e. The maximum absolute atomic E-state index is 6.14. The van der Waals surface area contributed by atoms with Crippen molar-refractivity contribution in [3.05, 3.63) is 34.7 Å². The van der Waals surface area contributed by atoms with Gasteiger partial charge in [0.2, 0.25) is 17.8 Å². The first kappa shape index (κ1) is 24.6. The van der Waals surface area contributed by atoms with Crippen LogP contribution in [0.5, 0.6) is 0 Å². The maximum Gasteiger partial charge on any atom is 0.232 e. The number of hydrogen-bond acceptors (Lipinski definition) is 9. The first-order valence-electron chi connectivity index (χ1n) is 12.9. The van der Waals surface area contributed by atoms with Crippen molar-refractivity contribution in [1.82, 2.24) is 24.8 Å². The van der Waals surface area contributed by atoms with E-state index in [2.05, 4.69) is 24.9 Å². The third-order valence-electron chi connectivity index (χ3n) is 7.07. The number of piperazine rings is 1. The normalized spacial score (nSPS) is 18.1. The van der Waals surface area contributed by atoms with Crippen molar-refractivity contribution in [3.8, 4) is 11.3 Å². The van der Waals surface area contributed by atoms with Gasteiger partial charge in [-0.05, 0) is 50.0 Å². The molecule has 3 saturated heterocycles. The van der Waals surface area contributed by atoms with Crippen LogP contribution < -0.4 is 20.0 Å². The molecule has 1 N–H and O–H groups in total. The van der Waals surface area contributed by atoms with Gasteiger partial charge < -0.3 is 24.9 Å². The number of thiocarbonyl (C=S) groups is 1. The average Bonchev–Trinajstić information content (AvgIpc) is 3.72. The number of aromatic nitrogens is 4. The Morgan fingerprint density at radius 2 is 1.35 bits per heavy atom. The number of anilines is 4. The van der Waals surface area contributed by atoms with E-state index in [0.717, 1.165) is 86.6 Å². The summed E-state index contributed by atoms with van der Waals surface area (Å²) in [5, 5.41) is 7.52. The number of nitrogens with one attached hydrogen (secondary N) is 1. The lowest BCUT2D eigenvalue weighted by atomic mass is 10.2. The summed E-state index contributed by atoms with van der Waals surface area (Å²) in [4.78, 5) is 28.4. The van der Waals surface area contributed by atoms with E-state index in [1.807, 2.05) is 29.6 Å². The minimum atomic E-state index is 0.692. The zero-order chi connectivity index (χ0) is 25.2. The van der Waals surface area contributed by atoms with Crippen LogP contribution in [0.15, 0.2) is 29.6 Å². The van der Waals surface area contributed by atoms with E-state index in [1.54, 1.807) is 11.3 Å². The van der Waals surface area contributed by atoms with Gasteiger partial charge in [-0.1, -0.05) is 23.7 Å². The van der Waals surface area contributed by atoms with Crippen molar-refractivity contribution in [2.24, 2.45) is 0 Å². The van der Waals surface area contributed by atoms with Crippen molar-refractivity contribution in [2.75, 3.05) is 72.4 Å². The Bertz CT molecular complexity index is 1210. The molecule has 3 aliphatic rings.